The lowest BCUT2D eigenvalue weighted by Crippen LogP contribution is -2.39. The number of rotatable bonds is 5. The summed E-state index contributed by atoms with van der Waals surface area (Å²) in [6.45, 7) is 3.98. The van der Waals surface area contributed by atoms with Crippen LogP contribution in [0.4, 0.5) is 4.79 Å². The zero-order valence-corrected chi connectivity index (χ0v) is 17.8. The Balaban J connectivity index is 1.62. The van der Waals surface area contributed by atoms with E-state index in [1.807, 2.05) is 55.5 Å². The normalized spacial score (nSPS) is 23.6. The smallest absolute Gasteiger partial charge is 0.322 e. The van der Waals surface area contributed by atoms with Gasteiger partial charge < -0.3 is 10.2 Å². The zero-order valence-electron chi connectivity index (χ0n) is 17.8. The third-order valence-electron chi connectivity index (χ3n) is 6.84. The van der Waals surface area contributed by atoms with Crippen LogP contribution in [0.3, 0.4) is 0 Å². The molecule has 0 aliphatic carbocycles. The van der Waals surface area contributed by atoms with Crippen LogP contribution < -0.4 is 5.32 Å². The van der Waals surface area contributed by atoms with Crippen LogP contribution in [0.2, 0.25) is 0 Å². The molecule has 2 aliphatic heterocycles. The number of amides is 3. The van der Waals surface area contributed by atoms with E-state index in [0.29, 0.717) is 12.3 Å². The highest BCUT2D eigenvalue weighted by Crippen LogP contribution is 2.39. The van der Waals surface area contributed by atoms with Crippen molar-refractivity contribution in [3.05, 3.63) is 71.8 Å². The molecule has 2 saturated heterocycles. The molecule has 0 saturated carbocycles. The minimum absolute atomic E-state index is 0.0575. The lowest BCUT2D eigenvalue weighted by molar-refractivity contribution is -0.130. The number of imide groups is 1. The molecule has 158 valence electrons. The predicted octanol–water partition coefficient (Wildman–Crippen LogP) is 4.18. The number of carbonyl (C=O) groups excluding carboxylic acids is 2. The number of hydrogen-bond acceptors (Lipinski definition) is 3. The van der Waals surface area contributed by atoms with E-state index in [1.54, 1.807) is 11.9 Å². The van der Waals surface area contributed by atoms with Gasteiger partial charge in [-0.2, -0.15) is 0 Å². The Morgan fingerprint density at radius 1 is 1.03 bits per heavy atom. The molecule has 2 aromatic rings. The fraction of sp³-hybridized carbons (Fsp3) is 0.440. The van der Waals surface area contributed by atoms with E-state index >= 15 is 0 Å². The molecule has 1 N–H and O–H groups in total. The molecular formula is C25H31N3O2. The van der Waals surface area contributed by atoms with E-state index in [2.05, 4.69) is 17.4 Å². The van der Waals surface area contributed by atoms with Crippen molar-refractivity contribution in [3.8, 4) is 0 Å². The Bertz CT molecular complexity index is 864. The molecule has 4 rings (SSSR count). The second kappa shape index (κ2) is 9.00. The Kier molecular flexibility index (Phi) is 6.18. The third kappa shape index (κ3) is 3.99. The van der Waals surface area contributed by atoms with Crippen molar-refractivity contribution in [1.29, 1.82) is 0 Å². The van der Waals surface area contributed by atoms with E-state index in [1.165, 1.54) is 10.5 Å². The molecule has 0 radical (unpaired) electrons. The first-order chi connectivity index (χ1) is 14.6. The van der Waals surface area contributed by atoms with Gasteiger partial charge in [0.25, 0.3) is 0 Å². The number of urea groups is 1. The summed E-state index contributed by atoms with van der Waals surface area (Å²) < 4.78 is 0. The van der Waals surface area contributed by atoms with Crippen LogP contribution in [0.25, 0.3) is 0 Å². The Morgan fingerprint density at radius 2 is 1.63 bits per heavy atom. The molecule has 30 heavy (non-hydrogen) atoms. The van der Waals surface area contributed by atoms with Gasteiger partial charge in [0.1, 0.15) is 0 Å². The molecule has 2 aliphatic rings. The van der Waals surface area contributed by atoms with Gasteiger partial charge in [-0.25, -0.2) is 4.79 Å². The Hall–Kier alpha value is -2.66. The summed E-state index contributed by atoms with van der Waals surface area (Å²) in [5, 5.41) is 3.42. The van der Waals surface area contributed by atoms with E-state index in [4.69, 9.17) is 0 Å². The van der Waals surface area contributed by atoms with Crippen LogP contribution in [0.1, 0.15) is 49.3 Å². The number of carbonyl (C=O) groups is 2. The summed E-state index contributed by atoms with van der Waals surface area (Å²) in [5.41, 5.74) is 2.20. The molecule has 5 nitrogen and oxygen atoms in total. The fourth-order valence-corrected chi connectivity index (χ4v) is 5.02. The maximum Gasteiger partial charge on any atom is 0.327 e. The number of likely N-dealkylation sites (N-methyl/N-ethyl adjacent to an activating group) is 1. The lowest BCUT2D eigenvalue weighted by Gasteiger charge is -2.32. The molecular weight excluding hydrogens is 374 g/mol. The third-order valence-corrected chi connectivity index (χ3v) is 6.84. The largest absolute Gasteiger partial charge is 0.327 e. The van der Waals surface area contributed by atoms with Crippen molar-refractivity contribution < 1.29 is 9.59 Å². The van der Waals surface area contributed by atoms with Crippen LogP contribution in [0.15, 0.2) is 60.7 Å². The van der Waals surface area contributed by atoms with Crippen molar-refractivity contribution in [2.45, 2.75) is 44.2 Å². The first kappa shape index (κ1) is 20.6. The maximum absolute atomic E-state index is 13.6. The molecule has 0 spiro atoms. The summed E-state index contributed by atoms with van der Waals surface area (Å²) in [6, 6.07) is 19.7. The molecule has 0 aromatic heterocycles. The Labute approximate surface area is 179 Å². The second-order valence-corrected chi connectivity index (χ2v) is 8.56. The quantitative estimate of drug-likeness (QED) is 0.812. The van der Waals surface area contributed by atoms with Gasteiger partial charge in [-0.1, -0.05) is 60.7 Å². The van der Waals surface area contributed by atoms with E-state index < -0.39 is 0 Å². The zero-order chi connectivity index (χ0) is 21.1. The molecule has 2 fully saturated rings. The van der Waals surface area contributed by atoms with Crippen LogP contribution in [0.5, 0.6) is 0 Å². The Morgan fingerprint density at radius 3 is 2.27 bits per heavy atom. The fourth-order valence-electron chi connectivity index (χ4n) is 5.02. The highest BCUT2D eigenvalue weighted by Gasteiger charge is 2.46. The summed E-state index contributed by atoms with van der Waals surface area (Å²) in [4.78, 5) is 29.9. The average molecular weight is 406 g/mol. The highest BCUT2D eigenvalue weighted by molar-refractivity contribution is 5.97. The molecule has 0 bridgehead atoms. The number of nitrogens with one attached hydrogen (secondary N) is 1. The second-order valence-electron chi connectivity index (χ2n) is 8.56. The van der Waals surface area contributed by atoms with E-state index in [0.717, 1.165) is 31.5 Å². The molecule has 3 atom stereocenters. The monoisotopic (exact) mass is 405 g/mol. The minimum atomic E-state index is -0.249. The van der Waals surface area contributed by atoms with Crippen molar-refractivity contribution in [1.82, 2.24) is 15.1 Å². The van der Waals surface area contributed by atoms with Gasteiger partial charge >= 0.3 is 6.03 Å². The number of hydrogen-bond donors (Lipinski definition) is 1. The van der Waals surface area contributed by atoms with Gasteiger partial charge in [0.15, 0.2) is 0 Å². The van der Waals surface area contributed by atoms with Crippen molar-refractivity contribution in [2.75, 3.05) is 20.1 Å². The highest BCUT2D eigenvalue weighted by atomic mass is 16.2. The van der Waals surface area contributed by atoms with E-state index in [9.17, 15) is 9.59 Å². The summed E-state index contributed by atoms with van der Waals surface area (Å²) in [5.74, 6) is 0.504. The van der Waals surface area contributed by atoms with Gasteiger partial charge in [0.2, 0.25) is 5.91 Å². The molecule has 3 amide bonds. The SMILES string of the molecule is C[C@H]1[C@@H](c2ccccc2)N(C(=O)C[C@@H](c2ccccc2)C2CCNCC2)C(=O)N1C. The topological polar surface area (TPSA) is 52.7 Å². The maximum atomic E-state index is 13.6. The van der Waals surface area contributed by atoms with Gasteiger partial charge in [-0.3, -0.25) is 9.69 Å². The van der Waals surface area contributed by atoms with Crippen LogP contribution in [-0.4, -0.2) is 47.9 Å². The summed E-state index contributed by atoms with van der Waals surface area (Å²) in [7, 11) is 1.79. The van der Waals surface area contributed by atoms with Crippen LogP contribution >= 0.6 is 0 Å². The van der Waals surface area contributed by atoms with Gasteiger partial charge in [-0.15, -0.1) is 0 Å². The van der Waals surface area contributed by atoms with Gasteiger partial charge in [0.05, 0.1) is 12.1 Å². The molecule has 0 unspecified atom stereocenters. The standard InChI is InChI=1S/C25H31N3O2/c1-18-24(21-11-7-4-8-12-21)28(25(30)27(18)2)23(29)17-22(19-9-5-3-6-10-19)20-13-15-26-16-14-20/h3-12,18,20,22,24,26H,13-17H2,1-2H3/t18-,22-,24-/m0/s1. The van der Waals surface area contributed by atoms with Crippen molar-refractivity contribution >= 4 is 11.9 Å². The minimum Gasteiger partial charge on any atom is -0.322 e. The average Bonchev–Trinajstić information content (AvgIpc) is 3.03. The molecule has 2 heterocycles. The van der Waals surface area contributed by atoms with Crippen LogP contribution in [0, 0.1) is 5.92 Å². The molecule has 2 aromatic carbocycles. The number of nitrogens with zero attached hydrogens (tertiary/aromatic N) is 2. The summed E-state index contributed by atoms with van der Waals surface area (Å²) in [6.07, 6.45) is 2.47. The first-order valence-electron chi connectivity index (χ1n) is 11.0. The lowest BCUT2D eigenvalue weighted by atomic mass is 9.78. The predicted molar refractivity (Wildman–Crippen MR) is 118 cm³/mol. The number of piperidine rings is 1. The first-order valence-corrected chi connectivity index (χ1v) is 11.0. The summed E-state index contributed by atoms with van der Waals surface area (Å²) >= 11 is 0. The van der Waals surface area contributed by atoms with Crippen molar-refractivity contribution in [2.24, 2.45) is 5.92 Å². The van der Waals surface area contributed by atoms with E-state index in [-0.39, 0.29) is 29.9 Å². The number of benzene rings is 2. The molecule has 5 heteroatoms. The van der Waals surface area contributed by atoms with Crippen LogP contribution in [-0.2, 0) is 4.79 Å². The van der Waals surface area contributed by atoms with Gasteiger partial charge in [0, 0.05) is 13.5 Å². The van der Waals surface area contributed by atoms with Crippen molar-refractivity contribution in [3.63, 3.8) is 0 Å². The van der Waals surface area contributed by atoms with Gasteiger partial charge in [-0.05, 0) is 55.8 Å².